The number of amides is 1. The smallest absolute Gasteiger partial charge is 0.255 e. The van der Waals surface area contributed by atoms with Crippen LogP contribution in [0.4, 0.5) is 0 Å². The predicted octanol–water partition coefficient (Wildman–Crippen LogP) is 4.13. The van der Waals surface area contributed by atoms with Crippen molar-refractivity contribution in [3.05, 3.63) is 28.8 Å². The van der Waals surface area contributed by atoms with Crippen molar-refractivity contribution in [2.45, 2.75) is 52.0 Å². The summed E-state index contributed by atoms with van der Waals surface area (Å²) in [6, 6.07) is 4.63. The van der Waals surface area contributed by atoms with Crippen molar-refractivity contribution in [1.82, 2.24) is 5.32 Å². The van der Waals surface area contributed by atoms with E-state index in [-0.39, 0.29) is 23.3 Å². The monoisotopic (exact) mass is 283 g/mol. The van der Waals surface area contributed by atoms with E-state index >= 15 is 0 Å². The third-order valence-corrected chi connectivity index (χ3v) is 3.31. The van der Waals surface area contributed by atoms with Gasteiger partial charge in [0.2, 0.25) is 0 Å². The zero-order chi connectivity index (χ0) is 14.3. The lowest BCUT2D eigenvalue weighted by Crippen LogP contribution is -2.32. The number of aromatic hydroxyl groups is 1. The standard InChI is InChI=1S/C15H22ClNO2/c1-3-4-5-6-7-11(2)17-15(19)13-9-8-12(16)10-14(13)18/h8-11,18H,3-7H2,1-2H3,(H,17,19). The summed E-state index contributed by atoms with van der Waals surface area (Å²) >= 11 is 5.73. The Labute approximate surface area is 120 Å². The fraction of sp³-hybridized carbons (Fsp3) is 0.533. The second kappa shape index (κ2) is 8.05. The molecule has 0 radical (unpaired) electrons. The van der Waals surface area contributed by atoms with Crippen LogP contribution in [0.25, 0.3) is 0 Å². The average molecular weight is 284 g/mol. The van der Waals surface area contributed by atoms with Crippen LogP contribution in [0.15, 0.2) is 18.2 Å². The third-order valence-electron chi connectivity index (χ3n) is 3.07. The van der Waals surface area contributed by atoms with Crippen LogP contribution in [0.2, 0.25) is 5.02 Å². The molecule has 0 bridgehead atoms. The highest BCUT2D eigenvalue weighted by molar-refractivity contribution is 6.30. The van der Waals surface area contributed by atoms with Crippen LogP contribution in [-0.2, 0) is 0 Å². The first-order valence-corrected chi connectivity index (χ1v) is 7.21. The molecule has 19 heavy (non-hydrogen) atoms. The first-order chi connectivity index (χ1) is 9.04. The molecule has 0 spiro atoms. The number of halogens is 1. The summed E-state index contributed by atoms with van der Waals surface area (Å²) in [7, 11) is 0. The minimum atomic E-state index is -0.253. The first-order valence-electron chi connectivity index (χ1n) is 6.84. The van der Waals surface area contributed by atoms with Gasteiger partial charge in [-0.05, 0) is 31.5 Å². The molecule has 1 rings (SSSR count). The maximum absolute atomic E-state index is 12.0. The van der Waals surface area contributed by atoms with Crippen molar-refractivity contribution in [3.8, 4) is 5.75 Å². The number of phenols is 1. The molecule has 0 aliphatic heterocycles. The van der Waals surface area contributed by atoms with Crippen molar-refractivity contribution in [2.75, 3.05) is 0 Å². The Kier molecular flexibility index (Phi) is 6.71. The van der Waals surface area contributed by atoms with Crippen molar-refractivity contribution in [1.29, 1.82) is 0 Å². The molecule has 1 amide bonds. The van der Waals surface area contributed by atoms with E-state index in [2.05, 4.69) is 12.2 Å². The number of rotatable bonds is 7. The molecular formula is C15H22ClNO2. The molecule has 1 atom stereocenters. The van der Waals surface area contributed by atoms with Gasteiger partial charge in [0, 0.05) is 11.1 Å². The molecular weight excluding hydrogens is 262 g/mol. The van der Waals surface area contributed by atoms with Gasteiger partial charge in [0.15, 0.2) is 0 Å². The molecule has 0 heterocycles. The SMILES string of the molecule is CCCCCCC(C)NC(=O)c1ccc(Cl)cc1O. The Morgan fingerprint density at radius 2 is 2.11 bits per heavy atom. The van der Waals surface area contributed by atoms with Gasteiger partial charge in [-0.25, -0.2) is 0 Å². The van der Waals surface area contributed by atoms with E-state index in [1.165, 1.54) is 31.4 Å². The van der Waals surface area contributed by atoms with Gasteiger partial charge < -0.3 is 10.4 Å². The van der Waals surface area contributed by atoms with Crippen molar-refractivity contribution >= 4 is 17.5 Å². The zero-order valence-corrected chi connectivity index (χ0v) is 12.3. The Hall–Kier alpha value is -1.22. The molecule has 1 aromatic carbocycles. The molecule has 3 nitrogen and oxygen atoms in total. The normalized spacial score (nSPS) is 12.2. The lowest BCUT2D eigenvalue weighted by molar-refractivity contribution is 0.0935. The van der Waals surface area contributed by atoms with Gasteiger partial charge in [-0.15, -0.1) is 0 Å². The highest BCUT2D eigenvalue weighted by atomic mass is 35.5. The number of nitrogens with one attached hydrogen (secondary N) is 1. The lowest BCUT2D eigenvalue weighted by atomic mass is 10.1. The van der Waals surface area contributed by atoms with Crippen LogP contribution in [-0.4, -0.2) is 17.1 Å². The summed E-state index contributed by atoms with van der Waals surface area (Å²) in [6.45, 7) is 4.16. The second-order valence-corrected chi connectivity index (χ2v) is 5.32. The van der Waals surface area contributed by atoms with Gasteiger partial charge >= 0.3 is 0 Å². The number of hydrogen-bond donors (Lipinski definition) is 2. The Morgan fingerprint density at radius 3 is 2.74 bits per heavy atom. The van der Waals surface area contributed by atoms with E-state index in [1.807, 2.05) is 6.92 Å². The minimum Gasteiger partial charge on any atom is -0.507 e. The van der Waals surface area contributed by atoms with Crippen LogP contribution in [0.3, 0.4) is 0 Å². The lowest BCUT2D eigenvalue weighted by Gasteiger charge is -2.14. The van der Waals surface area contributed by atoms with E-state index in [0.717, 1.165) is 12.8 Å². The molecule has 0 aliphatic carbocycles. The fourth-order valence-electron chi connectivity index (χ4n) is 1.95. The van der Waals surface area contributed by atoms with Crippen LogP contribution in [0.1, 0.15) is 56.3 Å². The number of unbranched alkanes of at least 4 members (excludes halogenated alkanes) is 3. The summed E-state index contributed by atoms with van der Waals surface area (Å²) in [5, 5.41) is 13.0. The van der Waals surface area contributed by atoms with Gasteiger partial charge in [-0.1, -0.05) is 44.2 Å². The van der Waals surface area contributed by atoms with E-state index in [1.54, 1.807) is 6.07 Å². The van der Waals surface area contributed by atoms with Gasteiger partial charge in [-0.3, -0.25) is 4.79 Å². The van der Waals surface area contributed by atoms with Crippen molar-refractivity contribution in [3.63, 3.8) is 0 Å². The Morgan fingerprint density at radius 1 is 1.37 bits per heavy atom. The zero-order valence-electron chi connectivity index (χ0n) is 11.6. The summed E-state index contributed by atoms with van der Waals surface area (Å²) in [4.78, 5) is 12.0. The second-order valence-electron chi connectivity index (χ2n) is 4.89. The van der Waals surface area contributed by atoms with Gasteiger partial charge in [0.25, 0.3) is 5.91 Å². The largest absolute Gasteiger partial charge is 0.507 e. The average Bonchev–Trinajstić information content (AvgIpc) is 2.34. The fourth-order valence-corrected chi connectivity index (χ4v) is 2.11. The summed E-state index contributed by atoms with van der Waals surface area (Å²) in [5.41, 5.74) is 0.268. The van der Waals surface area contributed by atoms with E-state index < -0.39 is 0 Å². The third kappa shape index (κ3) is 5.52. The van der Waals surface area contributed by atoms with Crippen LogP contribution in [0, 0.1) is 0 Å². The summed E-state index contributed by atoms with van der Waals surface area (Å²) in [6.07, 6.45) is 5.71. The van der Waals surface area contributed by atoms with E-state index in [0.29, 0.717) is 5.02 Å². The molecule has 2 N–H and O–H groups in total. The summed E-state index contributed by atoms with van der Waals surface area (Å²) in [5.74, 6) is -0.333. The molecule has 4 heteroatoms. The molecule has 106 valence electrons. The Bertz CT molecular complexity index is 421. The van der Waals surface area contributed by atoms with E-state index in [4.69, 9.17) is 11.6 Å². The molecule has 0 saturated carbocycles. The number of carbonyl (C=O) groups excluding carboxylic acids is 1. The topological polar surface area (TPSA) is 49.3 Å². The van der Waals surface area contributed by atoms with Crippen LogP contribution in [0.5, 0.6) is 5.75 Å². The van der Waals surface area contributed by atoms with Gasteiger partial charge in [0.05, 0.1) is 5.56 Å². The summed E-state index contributed by atoms with van der Waals surface area (Å²) < 4.78 is 0. The maximum Gasteiger partial charge on any atom is 0.255 e. The number of carbonyl (C=O) groups is 1. The minimum absolute atomic E-state index is 0.0804. The number of phenolic OH excluding ortho intramolecular Hbond substituents is 1. The first kappa shape index (κ1) is 15.8. The number of hydrogen-bond acceptors (Lipinski definition) is 2. The molecule has 1 unspecified atom stereocenters. The molecule has 0 aliphatic rings. The van der Waals surface area contributed by atoms with Crippen molar-refractivity contribution in [2.24, 2.45) is 0 Å². The van der Waals surface area contributed by atoms with Gasteiger partial charge in [0.1, 0.15) is 5.75 Å². The highest BCUT2D eigenvalue weighted by Gasteiger charge is 2.13. The van der Waals surface area contributed by atoms with Gasteiger partial charge in [-0.2, -0.15) is 0 Å². The number of benzene rings is 1. The molecule has 1 aromatic rings. The maximum atomic E-state index is 12.0. The predicted molar refractivity (Wildman–Crippen MR) is 78.8 cm³/mol. The quantitative estimate of drug-likeness (QED) is 0.739. The van der Waals surface area contributed by atoms with E-state index in [9.17, 15) is 9.90 Å². The van der Waals surface area contributed by atoms with Crippen LogP contribution < -0.4 is 5.32 Å². The van der Waals surface area contributed by atoms with Crippen LogP contribution >= 0.6 is 11.6 Å². The highest BCUT2D eigenvalue weighted by Crippen LogP contribution is 2.21. The van der Waals surface area contributed by atoms with Crippen molar-refractivity contribution < 1.29 is 9.90 Å². The molecule has 0 fully saturated rings. The molecule has 0 saturated heterocycles. The molecule has 0 aromatic heterocycles. The Balaban J connectivity index is 2.45.